The zero-order chi connectivity index (χ0) is 33.3. The SMILES string of the molecule is CCCNC(=O)C[C@@H]1C[C@@]2(CO2)[C@H](O)[C@@H](/C=C/C(C)=C/C[C@@H]2O[C@H](C)[C@H](NC(=O)/C=C\[C@H](C)OC(=O)N3CCCCC3)C[C@@H]2C)O1. The van der Waals surface area contributed by atoms with Crippen molar-refractivity contribution in [2.75, 3.05) is 26.2 Å². The van der Waals surface area contributed by atoms with Crippen LogP contribution in [0.1, 0.15) is 86.0 Å². The van der Waals surface area contributed by atoms with Crippen LogP contribution in [0, 0.1) is 5.92 Å². The molecule has 4 rings (SSSR count). The number of carbonyl (C=O) groups is 3. The van der Waals surface area contributed by atoms with Crippen molar-refractivity contribution in [3.63, 3.8) is 0 Å². The summed E-state index contributed by atoms with van der Waals surface area (Å²) in [6.45, 7) is 12.4. The van der Waals surface area contributed by atoms with Crippen LogP contribution in [0.5, 0.6) is 0 Å². The van der Waals surface area contributed by atoms with E-state index < -0.39 is 23.9 Å². The van der Waals surface area contributed by atoms with Gasteiger partial charge in [-0.05, 0) is 71.3 Å². The van der Waals surface area contributed by atoms with Gasteiger partial charge in [0.05, 0.1) is 37.4 Å². The molecule has 4 heterocycles. The van der Waals surface area contributed by atoms with E-state index >= 15 is 0 Å². The number of hydrogen-bond donors (Lipinski definition) is 3. The van der Waals surface area contributed by atoms with Crippen molar-refractivity contribution in [1.29, 1.82) is 0 Å². The summed E-state index contributed by atoms with van der Waals surface area (Å²) in [4.78, 5) is 39.0. The molecule has 0 aromatic carbocycles. The zero-order valence-corrected chi connectivity index (χ0v) is 28.2. The van der Waals surface area contributed by atoms with Crippen LogP contribution in [-0.4, -0.2) is 102 Å². The van der Waals surface area contributed by atoms with E-state index in [1.54, 1.807) is 17.9 Å². The number of nitrogens with one attached hydrogen (secondary N) is 2. The van der Waals surface area contributed by atoms with Gasteiger partial charge in [0, 0.05) is 32.1 Å². The maximum Gasteiger partial charge on any atom is 0.410 e. The first-order valence-electron chi connectivity index (χ1n) is 17.2. The molecule has 4 saturated heterocycles. The highest BCUT2D eigenvalue weighted by Gasteiger charge is 2.58. The minimum absolute atomic E-state index is 0.00179. The number of likely N-dealkylation sites (tertiary alicyclic amines) is 1. The van der Waals surface area contributed by atoms with E-state index in [2.05, 4.69) is 23.6 Å². The van der Waals surface area contributed by atoms with Crippen molar-refractivity contribution < 1.29 is 38.4 Å². The summed E-state index contributed by atoms with van der Waals surface area (Å²) in [6, 6.07) is -0.126. The van der Waals surface area contributed by atoms with Gasteiger partial charge in [-0.2, -0.15) is 0 Å². The largest absolute Gasteiger partial charge is 0.442 e. The lowest BCUT2D eigenvalue weighted by atomic mass is 9.87. The number of aliphatic hydroxyl groups is 1. The molecule has 3 N–H and O–H groups in total. The van der Waals surface area contributed by atoms with Gasteiger partial charge in [-0.25, -0.2) is 4.79 Å². The lowest BCUT2D eigenvalue weighted by Gasteiger charge is -2.39. The number of allylic oxidation sites excluding steroid dienone is 2. The number of rotatable bonds is 12. The monoisotopic (exact) mass is 645 g/mol. The van der Waals surface area contributed by atoms with Crippen LogP contribution in [0.25, 0.3) is 0 Å². The molecule has 0 saturated carbocycles. The Hall–Kier alpha value is -2.73. The first kappa shape index (κ1) is 36.1. The van der Waals surface area contributed by atoms with Gasteiger partial charge in [0.15, 0.2) is 0 Å². The van der Waals surface area contributed by atoms with Gasteiger partial charge in [-0.1, -0.05) is 37.6 Å². The van der Waals surface area contributed by atoms with Gasteiger partial charge in [0.1, 0.15) is 23.9 Å². The van der Waals surface area contributed by atoms with E-state index in [9.17, 15) is 19.5 Å². The second-order valence-electron chi connectivity index (χ2n) is 13.5. The summed E-state index contributed by atoms with van der Waals surface area (Å²) in [5, 5.41) is 16.8. The Bertz CT molecular complexity index is 1130. The molecule has 258 valence electrons. The highest BCUT2D eigenvalue weighted by atomic mass is 16.6. The van der Waals surface area contributed by atoms with Crippen LogP contribution in [0.4, 0.5) is 4.79 Å². The fraction of sp³-hybridized carbons (Fsp3) is 0.743. The molecule has 9 atom stereocenters. The second kappa shape index (κ2) is 16.9. The Morgan fingerprint density at radius 1 is 1.13 bits per heavy atom. The molecule has 4 aliphatic rings. The van der Waals surface area contributed by atoms with Crippen molar-refractivity contribution in [2.24, 2.45) is 5.92 Å². The molecule has 0 aromatic rings. The molecule has 0 bridgehead atoms. The number of aliphatic hydroxyl groups excluding tert-OH is 1. The predicted molar refractivity (Wildman–Crippen MR) is 174 cm³/mol. The van der Waals surface area contributed by atoms with E-state index in [0.717, 1.165) is 50.8 Å². The van der Waals surface area contributed by atoms with Gasteiger partial charge in [0.2, 0.25) is 11.8 Å². The molecule has 11 nitrogen and oxygen atoms in total. The van der Waals surface area contributed by atoms with Crippen molar-refractivity contribution in [3.8, 4) is 0 Å². The fourth-order valence-electron chi connectivity index (χ4n) is 6.48. The predicted octanol–water partition coefficient (Wildman–Crippen LogP) is 3.95. The van der Waals surface area contributed by atoms with Gasteiger partial charge in [-0.15, -0.1) is 0 Å². The first-order valence-corrected chi connectivity index (χ1v) is 17.2. The summed E-state index contributed by atoms with van der Waals surface area (Å²) < 4.78 is 23.6. The fourth-order valence-corrected chi connectivity index (χ4v) is 6.48. The molecule has 4 fully saturated rings. The first-order chi connectivity index (χ1) is 22.0. The van der Waals surface area contributed by atoms with Gasteiger partial charge in [-0.3, -0.25) is 9.59 Å². The number of epoxide rings is 1. The molecule has 4 aliphatic heterocycles. The second-order valence-corrected chi connectivity index (χ2v) is 13.5. The molecule has 46 heavy (non-hydrogen) atoms. The standard InChI is InChI=1S/C35H55N3O8/c1-6-16-36-32(40)20-27-21-35(22-43-35)33(41)30(46-27)14-11-23(2)10-13-29-24(3)19-28(26(5)45-29)37-31(39)15-12-25(4)44-34(42)38-17-8-7-9-18-38/h10-12,14-15,24-30,33,41H,6-9,13,16-22H2,1-5H3,(H,36,40)(H,37,39)/b14-11+,15-12-,23-10+/t24-,25-,26+,27+,28+,29-,30+,33+,35+/m0/s1. The number of piperidine rings is 1. The topological polar surface area (TPSA) is 139 Å². The number of nitrogens with zero attached hydrogens (tertiary/aromatic N) is 1. The molecule has 0 radical (unpaired) electrons. The molecule has 11 heteroatoms. The molecule has 0 unspecified atom stereocenters. The highest BCUT2D eigenvalue weighted by molar-refractivity contribution is 5.87. The third-order valence-corrected chi connectivity index (χ3v) is 9.46. The Balaban J connectivity index is 1.21. The minimum atomic E-state index is -0.783. The van der Waals surface area contributed by atoms with Crippen molar-refractivity contribution >= 4 is 17.9 Å². The van der Waals surface area contributed by atoms with Crippen LogP contribution in [0.3, 0.4) is 0 Å². The van der Waals surface area contributed by atoms with Crippen LogP contribution >= 0.6 is 0 Å². The number of amides is 3. The Morgan fingerprint density at radius 2 is 1.87 bits per heavy atom. The van der Waals surface area contributed by atoms with Crippen molar-refractivity contribution in [3.05, 3.63) is 36.0 Å². The molecular formula is C35H55N3O8. The number of ether oxygens (including phenoxy) is 4. The minimum Gasteiger partial charge on any atom is -0.442 e. The summed E-state index contributed by atoms with van der Waals surface area (Å²) in [7, 11) is 0. The maximum absolute atomic E-state index is 12.7. The van der Waals surface area contributed by atoms with Crippen LogP contribution in [-0.2, 0) is 28.5 Å². The quantitative estimate of drug-likeness (QED) is 0.165. The number of hydrogen-bond acceptors (Lipinski definition) is 8. The number of carbonyl (C=O) groups excluding carboxylic acids is 3. The van der Waals surface area contributed by atoms with E-state index in [-0.39, 0.29) is 54.6 Å². The molecule has 3 amide bonds. The van der Waals surface area contributed by atoms with Gasteiger partial charge >= 0.3 is 6.09 Å². The van der Waals surface area contributed by atoms with Crippen molar-refractivity contribution in [1.82, 2.24) is 15.5 Å². The average Bonchev–Trinajstić information content (AvgIpc) is 3.81. The third kappa shape index (κ3) is 10.4. The summed E-state index contributed by atoms with van der Waals surface area (Å²) in [5.41, 5.74) is 0.394. The molecule has 0 aromatic heterocycles. The normalized spacial score (nSPS) is 34.1. The van der Waals surface area contributed by atoms with Gasteiger partial charge < -0.3 is 39.6 Å². The molecule has 1 spiro atoms. The lowest BCUT2D eigenvalue weighted by Crippen LogP contribution is -2.50. The lowest BCUT2D eigenvalue weighted by molar-refractivity contribution is -0.145. The summed E-state index contributed by atoms with van der Waals surface area (Å²) in [6.07, 6.45) is 12.6. The molecular weight excluding hydrogens is 590 g/mol. The Kier molecular flexibility index (Phi) is 13.3. The van der Waals surface area contributed by atoms with Crippen LogP contribution in [0.15, 0.2) is 36.0 Å². The van der Waals surface area contributed by atoms with Gasteiger partial charge in [0.25, 0.3) is 0 Å². The Morgan fingerprint density at radius 3 is 2.57 bits per heavy atom. The van der Waals surface area contributed by atoms with Crippen molar-refractivity contribution in [2.45, 2.75) is 134 Å². The summed E-state index contributed by atoms with van der Waals surface area (Å²) in [5.74, 6) is -0.0625. The van der Waals surface area contributed by atoms with E-state index in [1.165, 1.54) is 6.08 Å². The Labute approximate surface area is 274 Å². The summed E-state index contributed by atoms with van der Waals surface area (Å²) >= 11 is 0. The molecule has 0 aliphatic carbocycles. The van der Waals surface area contributed by atoms with E-state index in [1.807, 2.05) is 32.9 Å². The van der Waals surface area contributed by atoms with E-state index in [4.69, 9.17) is 18.9 Å². The third-order valence-electron chi connectivity index (χ3n) is 9.46. The van der Waals surface area contributed by atoms with Crippen LogP contribution < -0.4 is 10.6 Å². The van der Waals surface area contributed by atoms with E-state index in [0.29, 0.717) is 26.0 Å². The zero-order valence-electron chi connectivity index (χ0n) is 28.2. The smallest absolute Gasteiger partial charge is 0.410 e. The average molecular weight is 646 g/mol. The maximum atomic E-state index is 12.7. The highest BCUT2D eigenvalue weighted by Crippen LogP contribution is 2.43. The van der Waals surface area contributed by atoms with Crippen LogP contribution in [0.2, 0.25) is 0 Å².